The minimum absolute atomic E-state index is 0.0435. The lowest BCUT2D eigenvalue weighted by Gasteiger charge is -2.13. The highest BCUT2D eigenvalue weighted by atomic mass is 35.5. The lowest BCUT2D eigenvalue weighted by Crippen LogP contribution is -2.31. The summed E-state index contributed by atoms with van der Waals surface area (Å²) < 4.78 is 28.1. The Morgan fingerprint density at radius 2 is 2.28 bits per heavy atom. The van der Waals surface area contributed by atoms with Gasteiger partial charge in [-0.2, -0.15) is 0 Å². The average Bonchev–Trinajstić information content (AvgIpc) is 2.86. The van der Waals surface area contributed by atoms with Gasteiger partial charge in [0, 0.05) is 18.8 Å². The van der Waals surface area contributed by atoms with Crippen LogP contribution in [0.25, 0.3) is 0 Å². The van der Waals surface area contributed by atoms with E-state index in [1.165, 1.54) is 0 Å². The first-order valence-electron chi connectivity index (χ1n) is 6.01. The van der Waals surface area contributed by atoms with Gasteiger partial charge in [-0.25, -0.2) is 13.1 Å². The molecule has 0 spiro atoms. The van der Waals surface area contributed by atoms with Gasteiger partial charge in [0.05, 0.1) is 11.8 Å². The summed E-state index contributed by atoms with van der Waals surface area (Å²) in [4.78, 5) is 0. The molecule has 0 saturated carbocycles. The third-order valence-electron chi connectivity index (χ3n) is 2.93. The molecular weight excluding hydrogens is 276 g/mol. The van der Waals surface area contributed by atoms with Crippen LogP contribution in [-0.4, -0.2) is 34.8 Å². The van der Waals surface area contributed by atoms with Gasteiger partial charge in [0.2, 0.25) is 10.0 Å². The van der Waals surface area contributed by atoms with Gasteiger partial charge in [0.1, 0.15) is 5.82 Å². The van der Waals surface area contributed by atoms with Crippen molar-refractivity contribution in [3.63, 3.8) is 0 Å². The molecule has 1 aliphatic heterocycles. The minimum atomic E-state index is -3.30. The number of rotatable bonds is 6. The predicted molar refractivity (Wildman–Crippen MR) is 69.0 cm³/mol. The molecule has 0 radical (unpaired) electrons. The number of aromatic nitrogens is 3. The largest absolute Gasteiger partial charge is 0.314 e. The lowest BCUT2D eigenvalue weighted by molar-refractivity contribution is 0.545. The second-order valence-electron chi connectivity index (χ2n) is 4.43. The molecule has 0 aromatic carbocycles. The zero-order valence-electron chi connectivity index (χ0n) is 10.3. The van der Waals surface area contributed by atoms with Gasteiger partial charge in [-0.05, 0) is 19.8 Å². The normalized spacial score (nSPS) is 16.8. The van der Waals surface area contributed by atoms with Crippen molar-refractivity contribution in [3.8, 4) is 0 Å². The van der Waals surface area contributed by atoms with Crippen LogP contribution < -0.4 is 4.72 Å². The van der Waals surface area contributed by atoms with E-state index in [9.17, 15) is 8.42 Å². The van der Waals surface area contributed by atoms with Gasteiger partial charge in [-0.3, -0.25) is 0 Å². The fraction of sp³-hybridized carbons (Fsp3) is 0.800. The molecule has 102 valence electrons. The third-order valence-corrected chi connectivity index (χ3v) is 4.73. The SMILES string of the molecule is CC(NS(=O)(=O)CCCCl)c1nnc2n1CCC2. The van der Waals surface area contributed by atoms with Crippen LogP contribution in [0.3, 0.4) is 0 Å². The zero-order valence-corrected chi connectivity index (χ0v) is 11.8. The molecule has 1 N–H and O–H groups in total. The molecule has 1 aliphatic rings. The quantitative estimate of drug-likeness (QED) is 0.788. The topological polar surface area (TPSA) is 76.9 Å². The van der Waals surface area contributed by atoms with E-state index in [0.717, 1.165) is 25.2 Å². The van der Waals surface area contributed by atoms with E-state index in [0.29, 0.717) is 18.1 Å². The van der Waals surface area contributed by atoms with E-state index >= 15 is 0 Å². The molecule has 0 fully saturated rings. The fourth-order valence-corrected chi connectivity index (χ4v) is 3.70. The molecule has 0 aliphatic carbocycles. The van der Waals surface area contributed by atoms with Gasteiger partial charge in [-0.1, -0.05) is 0 Å². The number of nitrogens with one attached hydrogen (secondary N) is 1. The van der Waals surface area contributed by atoms with Crippen molar-refractivity contribution in [1.82, 2.24) is 19.5 Å². The summed E-state index contributed by atoms with van der Waals surface area (Å²) in [6, 6.07) is -0.357. The van der Waals surface area contributed by atoms with Crippen molar-refractivity contribution in [1.29, 1.82) is 0 Å². The summed E-state index contributed by atoms with van der Waals surface area (Å²) in [5.41, 5.74) is 0. The standard InChI is InChI=1S/C10H17ClN4O2S/c1-8(14-18(16,17)7-3-5-11)10-13-12-9-4-2-6-15(9)10/h8,14H,2-7H2,1H3. The summed E-state index contributed by atoms with van der Waals surface area (Å²) in [5.74, 6) is 2.02. The maximum atomic E-state index is 11.8. The van der Waals surface area contributed by atoms with Crippen LogP contribution in [0.15, 0.2) is 0 Å². The van der Waals surface area contributed by atoms with Crippen molar-refractivity contribution in [2.75, 3.05) is 11.6 Å². The number of hydrogen-bond acceptors (Lipinski definition) is 4. The Morgan fingerprint density at radius 1 is 1.50 bits per heavy atom. The van der Waals surface area contributed by atoms with Crippen molar-refractivity contribution in [3.05, 3.63) is 11.6 Å². The Morgan fingerprint density at radius 3 is 3.00 bits per heavy atom. The van der Waals surface area contributed by atoms with Crippen molar-refractivity contribution < 1.29 is 8.42 Å². The first kappa shape index (κ1) is 13.8. The highest BCUT2D eigenvalue weighted by molar-refractivity contribution is 7.89. The van der Waals surface area contributed by atoms with Crippen molar-refractivity contribution >= 4 is 21.6 Å². The van der Waals surface area contributed by atoms with Crippen LogP contribution in [0.5, 0.6) is 0 Å². The van der Waals surface area contributed by atoms with Gasteiger partial charge < -0.3 is 4.57 Å². The summed E-state index contributed by atoms with van der Waals surface area (Å²) in [7, 11) is -3.30. The number of nitrogens with zero attached hydrogens (tertiary/aromatic N) is 3. The predicted octanol–water partition coefficient (Wildman–Crippen LogP) is 0.834. The first-order chi connectivity index (χ1) is 8.53. The lowest BCUT2D eigenvalue weighted by atomic mass is 10.3. The highest BCUT2D eigenvalue weighted by Gasteiger charge is 2.24. The molecule has 1 aromatic heterocycles. The molecule has 8 heteroatoms. The molecule has 2 rings (SSSR count). The fourth-order valence-electron chi connectivity index (χ4n) is 2.12. The van der Waals surface area contributed by atoms with Gasteiger partial charge in [0.15, 0.2) is 5.82 Å². The maximum absolute atomic E-state index is 11.8. The summed E-state index contributed by atoms with van der Waals surface area (Å²) in [5, 5.41) is 8.13. The monoisotopic (exact) mass is 292 g/mol. The second kappa shape index (κ2) is 5.54. The minimum Gasteiger partial charge on any atom is -0.314 e. The van der Waals surface area contributed by atoms with Crippen LogP contribution in [-0.2, 0) is 23.0 Å². The number of sulfonamides is 1. The average molecular weight is 293 g/mol. The number of fused-ring (bicyclic) bond motifs is 1. The Balaban J connectivity index is 2.05. The molecule has 1 aromatic rings. The molecule has 0 bridgehead atoms. The number of alkyl halides is 1. The zero-order chi connectivity index (χ0) is 13.2. The van der Waals surface area contributed by atoms with Crippen LogP contribution in [0.2, 0.25) is 0 Å². The molecule has 6 nitrogen and oxygen atoms in total. The maximum Gasteiger partial charge on any atom is 0.212 e. The van der Waals surface area contributed by atoms with E-state index < -0.39 is 10.0 Å². The van der Waals surface area contributed by atoms with Gasteiger partial charge >= 0.3 is 0 Å². The van der Waals surface area contributed by atoms with Crippen LogP contribution in [0.4, 0.5) is 0 Å². The smallest absolute Gasteiger partial charge is 0.212 e. The van der Waals surface area contributed by atoms with Crippen LogP contribution in [0.1, 0.15) is 37.5 Å². The van der Waals surface area contributed by atoms with Crippen molar-refractivity contribution in [2.45, 2.75) is 38.8 Å². The van der Waals surface area contributed by atoms with E-state index in [1.807, 2.05) is 4.57 Å². The molecular formula is C10H17ClN4O2S. The Kier molecular flexibility index (Phi) is 4.24. The van der Waals surface area contributed by atoms with Crippen LogP contribution >= 0.6 is 11.6 Å². The first-order valence-corrected chi connectivity index (χ1v) is 8.20. The Labute approximate surface area is 112 Å². The van der Waals surface area contributed by atoms with E-state index in [1.54, 1.807) is 6.92 Å². The number of hydrogen-bond donors (Lipinski definition) is 1. The van der Waals surface area contributed by atoms with E-state index in [4.69, 9.17) is 11.6 Å². The van der Waals surface area contributed by atoms with Crippen LogP contribution in [0, 0.1) is 0 Å². The number of halogens is 1. The second-order valence-corrected chi connectivity index (χ2v) is 6.68. The Bertz CT molecular complexity index is 514. The molecule has 0 saturated heterocycles. The molecule has 1 atom stereocenters. The molecule has 0 amide bonds. The number of aryl methyl sites for hydroxylation is 1. The summed E-state index contributed by atoms with van der Waals surface area (Å²) in [6.45, 7) is 2.65. The van der Waals surface area contributed by atoms with E-state index in [2.05, 4.69) is 14.9 Å². The molecule has 2 heterocycles. The summed E-state index contributed by atoms with van der Waals surface area (Å²) in [6.07, 6.45) is 2.41. The van der Waals surface area contributed by atoms with E-state index in [-0.39, 0.29) is 11.8 Å². The van der Waals surface area contributed by atoms with Gasteiger partial charge in [0.25, 0.3) is 0 Å². The highest BCUT2D eigenvalue weighted by Crippen LogP contribution is 2.19. The van der Waals surface area contributed by atoms with Gasteiger partial charge in [-0.15, -0.1) is 21.8 Å². The summed E-state index contributed by atoms with van der Waals surface area (Å²) >= 11 is 5.50. The third kappa shape index (κ3) is 3.02. The molecule has 1 unspecified atom stereocenters. The Hall–Kier alpha value is -0.660. The molecule has 18 heavy (non-hydrogen) atoms. The van der Waals surface area contributed by atoms with Crippen molar-refractivity contribution in [2.24, 2.45) is 0 Å².